The molecule has 0 spiro atoms. The second-order valence-electron chi connectivity index (χ2n) is 3.27. The summed E-state index contributed by atoms with van der Waals surface area (Å²) in [4.78, 5) is 3.86. The molecule has 0 amide bonds. The van der Waals surface area contributed by atoms with Crippen molar-refractivity contribution >= 4 is 22.4 Å². The Balaban J connectivity index is 2.04. The molecule has 1 aromatic rings. The van der Waals surface area contributed by atoms with Gasteiger partial charge in [-0.15, -0.1) is 10.2 Å². The number of guanidine groups is 1. The third kappa shape index (κ3) is 5.42. The maximum Gasteiger partial charge on any atom is 0.204 e. The highest BCUT2D eigenvalue weighted by atomic mass is 32.1. The van der Waals surface area contributed by atoms with Gasteiger partial charge in [0.05, 0.1) is 0 Å². The highest BCUT2D eigenvalue weighted by Gasteiger charge is 2.00. The van der Waals surface area contributed by atoms with Crippen molar-refractivity contribution < 1.29 is 0 Å². The van der Waals surface area contributed by atoms with Crippen LogP contribution in [-0.2, 0) is 6.42 Å². The fourth-order valence-corrected chi connectivity index (χ4v) is 1.80. The number of hydrogen-bond donors (Lipinski definition) is 4. The Hall–Kier alpha value is -1.92. The number of hydrogen-bond acceptors (Lipinski definition) is 7. The van der Waals surface area contributed by atoms with Crippen molar-refractivity contribution in [1.29, 1.82) is 5.26 Å². The molecule has 9 heteroatoms. The van der Waals surface area contributed by atoms with Gasteiger partial charge in [-0.05, 0) is 0 Å². The van der Waals surface area contributed by atoms with Crippen LogP contribution in [-0.4, -0.2) is 42.8 Å². The Bertz CT molecular complexity index is 420. The number of rotatable bonds is 6. The molecule has 0 bridgehead atoms. The fourth-order valence-electron chi connectivity index (χ4n) is 1.19. The minimum atomic E-state index is 0.469. The van der Waals surface area contributed by atoms with Crippen LogP contribution in [0.1, 0.15) is 5.01 Å². The smallest absolute Gasteiger partial charge is 0.204 e. The summed E-state index contributed by atoms with van der Waals surface area (Å²) in [6.45, 7) is 2.25. The summed E-state index contributed by atoms with van der Waals surface area (Å²) in [5.74, 6) is 0.469. The SMILES string of the molecule is CN=C(NC#N)NCCNCCc1nnc(N)s1. The maximum absolute atomic E-state index is 8.42. The molecule has 0 aliphatic heterocycles. The van der Waals surface area contributed by atoms with Crippen molar-refractivity contribution in [1.82, 2.24) is 26.1 Å². The predicted molar refractivity (Wildman–Crippen MR) is 71.0 cm³/mol. The fraction of sp³-hybridized carbons (Fsp3) is 0.556. The van der Waals surface area contributed by atoms with Crippen LogP contribution in [0.4, 0.5) is 5.13 Å². The molecular formula is C9H16N8S. The third-order valence-electron chi connectivity index (χ3n) is 1.99. The van der Waals surface area contributed by atoms with Crippen LogP contribution in [0, 0.1) is 11.5 Å². The normalized spacial score (nSPS) is 11.0. The van der Waals surface area contributed by atoms with Crippen LogP contribution in [0.25, 0.3) is 0 Å². The van der Waals surface area contributed by atoms with Gasteiger partial charge in [0.2, 0.25) is 11.1 Å². The molecule has 0 aromatic carbocycles. The molecule has 1 aromatic heterocycles. The average Bonchev–Trinajstić information content (AvgIpc) is 2.78. The summed E-state index contributed by atoms with van der Waals surface area (Å²) in [5.41, 5.74) is 5.48. The van der Waals surface area contributed by atoms with E-state index in [1.807, 2.05) is 0 Å². The molecule has 0 unspecified atom stereocenters. The Morgan fingerprint density at radius 3 is 2.89 bits per heavy atom. The van der Waals surface area contributed by atoms with Crippen LogP contribution in [0.5, 0.6) is 0 Å². The summed E-state index contributed by atoms with van der Waals surface area (Å²) in [7, 11) is 1.61. The van der Waals surface area contributed by atoms with Gasteiger partial charge in [-0.1, -0.05) is 11.3 Å². The summed E-state index contributed by atoms with van der Waals surface area (Å²) in [6, 6.07) is 0. The zero-order valence-electron chi connectivity index (χ0n) is 10.1. The first-order chi connectivity index (χ1) is 8.76. The molecule has 8 nitrogen and oxygen atoms in total. The number of nitriles is 1. The van der Waals surface area contributed by atoms with Crippen molar-refractivity contribution in [2.45, 2.75) is 6.42 Å². The van der Waals surface area contributed by atoms with Crippen molar-refractivity contribution in [3.8, 4) is 6.19 Å². The van der Waals surface area contributed by atoms with E-state index in [0.717, 1.165) is 24.5 Å². The van der Waals surface area contributed by atoms with E-state index in [-0.39, 0.29) is 0 Å². The lowest BCUT2D eigenvalue weighted by Gasteiger charge is -2.07. The molecule has 18 heavy (non-hydrogen) atoms. The molecule has 0 aliphatic carbocycles. The van der Waals surface area contributed by atoms with Crippen LogP contribution < -0.4 is 21.7 Å². The van der Waals surface area contributed by atoms with Gasteiger partial charge in [0, 0.05) is 33.1 Å². The first-order valence-corrected chi connectivity index (χ1v) is 6.22. The van der Waals surface area contributed by atoms with Gasteiger partial charge in [0.15, 0.2) is 6.19 Å². The summed E-state index contributed by atoms with van der Waals surface area (Å²) in [5, 5.41) is 26.2. The molecule has 0 saturated carbocycles. The van der Waals surface area contributed by atoms with E-state index >= 15 is 0 Å². The van der Waals surface area contributed by atoms with Gasteiger partial charge in [-0.2, -0.15) is 5.26 Å². The van der Waals surface area contributed by atoms with Gasteiger partial charge in [-0.25, -0.2) is 0 Å². The van der Waals surface area contributed by atoms with Crippen LogP contribution in [0.3, 0.4) is 0 Å². The van der Waals surface area contributed by atoms with E-state index in [1.165, 1.54) is 11.3 Å². The zero-order valence-corrected chi connectivity index (χ0v) is 10.9. The highest BCUT2D eigenvalue weighted by molar-refractivity contribution is 7.15. The van der Waals surface area contributed by atoms with Gasteiger partial charge in [0.25, 0.3) is 0 Å². The van der Waals surface area contributed by atoms with Crippen molar-refractivity contribution in [2.75, 3.05) is 32.4 Å². The van der Waals surface area contributed by atoms with E-state index in [4.69, 9.17) is 11.0 Å². The molecule has 0 radical (unpaired) electrons. The topological polar surface area (TPSA) is 124 Å². The van der Waals surface area contributed by atoms with E-state index in [1.54, 1.807) is 13.2 Å². The van der Waals surface area contributed by atoms with Crippen LogP contribution in [0.2, 0.25) is 0 Å². The number of nitrogen functional groups attached to an aromatic ring is 1. The molecule has 1 rings (SSSR count). The van der Waals surface area contributed by atoms with E-state index < -0.39 is 0 Å². The van der Waals surface area contributed by atoms with Crippen LogP contribution >= 0.6 is 11.3 Å². The second kappa shape index (κ2) is 8.21. The van der Waals surface area contributed by atoms with Gasteiger partial charge < -0.3 is 16.4 Å². The molecule has 98 valence electrons. The molecule has 1 heterocycles. The van der Waals surface area contributed by atoms with E-state index in [2.05, 4.69) is 31.1 Å². The molecule has 0 fully saturated rings. The van der Waals surface area contributed by atoms with Gasteiger partial charge in [0.1, 0.15) is 5.01 Å². The van der Waals surface area contributed by atoms with Crippen molar-refractivity contribution in [3.63, 3.8) is 0 Å². The predicted octanol–water partition coefficient (Wildman–Crippen LogP) is -1.10. The second-order valence-corrected chi connectivity index (χ2v) is 4.36. The lowest BCUT2D eigenvalue weighted by atomic mass is 10.4. The first kappa shape index (κ1) is 14.1. The molecule has 5 N–H and O–H groups in total. The number of nitrogens with two attached hydrogens (primary N) is 1. The Morgan fingerprint density at radius 1 is 1.44 bits per heavy atom. The monoisotopic (exact) mass is 268 g/mol. The summed E-state index contributed by atoms with van der Waals surface area (Å²) >= 11 is 1.40. The van der Waals surface area contributed by atoms with E-state index in [9.17, 15) is 0 Å². The zero-order chi connectivity index (χ0) is 13.2. The number of nitrogens with one attached hydrogen (secondary N) is 3. The Labute approximate surface area is 109 Å². The van der Waals surface area contributed by atoms with Crippen LogP contribution in [0.15, 0.2) is 4.99 Å². The quantitative estimate of drug-likeness (QED) is 0.170. The van der Waals surface area contributed by atoms with Gasteiger partial charge in [-0.3, -0.25) is 10.3 Å². The van der Waals surface area contributed by atoms with Crippen molar-refractivity contribution in [3.05, 3.63) is 5.01 Å². The van der Waals surface area contributed by atoms with Crippen molar-refractivity contribution in [2.24, 2.45) is 4.99 Å². The summed E-state index contributed by atoms with van der Waals surface area (Å²) in [6.07, 6.45) is 2.61. The first-order valence-electron chi connectivity index (χ1n) is 5.40. The Morgan fingerprint density at radius 2 is 2.28 bits per heavy atom. The number of aromatic nitrogens is 2. The Kier molecular flexibility index (Phi) is 6.45. The molecule has 0 atom stereocenters. The minimum absolute atomic E-state index is 0.469. The summed E-state index contributed by atoms with van der Waals surface area (Å²) < 4.78 is 0. The van der Waals surface area contributed by atoms with E-state index in [0.29, 0.717) is 17.6 Å². The standard InChI is InChI=1S/C9H16N8S/c1-12-9(15-6-10)14-5-4-13-3-2-7-16-17-8(11)18-7/h13H,2-5H2,1H3,(H2,11,17)(H2,12,14,15). The third-order valence-corrected chi connectivity index (χ3v) is 2.80. The highest BCUT2D eigenvalue weighted by Crippen LogP contribution is 2.10. The molecular weight excluding hydrogens is 252 g/mol. The average molecular weight is 268 g/mol. The van der Waals surface area contributed by atoms with Gasteiger partial charge >= 0.3 is 0 Å². The lowest BCUT2D eigenvalue weighted by molar-refractivity contribution is 0.662. The lowest BCUT2D eigenvalue weighted by Crippen LogP contribution is -2.38. The number of anilines is 1. The number of aliphatic imine (C=N–C) groups is 1. The number of nitrogens with zero attached hydrogens (tertiary/aromatic N) is 4. The maximum atomic E-state index is 8.42. The largest absolute Gasteiger partial charge is 0.374 e. The molecule has 0 aliphatic rings. The molecule has 0 saturated heterocycles. The minimum Gasteiger partial charge on any atom is -0.374 e.